The van der Waals surface area contributed by atoms with Crippen LogP contribution in [0.25, 0.3) is 22.2 Å². The predicted molar refractivity (Wildman–Crippen MR) is 108 cm³/mol. The molecule has 11 heteroatoms. The zero-order valence-electron chi connectivity index (χ0n) is 16.5. The van der Waals surface area contributed by atoms with E-state index in [0.717, 1.165) is 19.0 Å². The van der Waals surface area contributed by atoms with Crippen LogP contribution < -0.4 is 10.6 Å². The predicted octanol–water partition coefficient (Wildman–Crippen LogP) is 4.41. The smallest absolute Gasteiger partial charge is 0.419 e. The minimum atomic E-state index is -4.65. The quantitative estimate of drug-likeness (QED) is 0.561. The molecule has 1 amide bonds. The molecule has 1 atom stereocenters. The molecule has 1 aromatic carbocycles. The van der Waals surface area contributed by atoms with E-state index in [0.29, 0.717) is 29.8 Å². The van der Waals surface area contributed by atoms with Crippen molar-refractivity contribution in [2.24, 2.45) is 0 Å². The summed E-state index contributed by atoms with van der Waals surface area (Å²) in [5.74, 6) is 0.0942. The van der Waals surface area contributed by atoms with Gasteiger partial charge in [0.25, 0.3) is 0 Å². The maximum atomic E-state index is 13.7. The maximum Gasteiger partial charge on any atom is 0.419 e. The molecule has 1 fully saturated rings. The van der Waals surface area contributed by atoms with Crippen molar-refractivity contribution in [2.75, 3.05) is 31.0 Å². The van der Waals surface area contributed by atoms with Gasteiger partial charge in [-0.25, -0.2) is 14.8 Å². The molecule has 3 aromatic rings. The summed E-state index contributed by atoms with van der Waals surface area (Å²) in [6, 6.07) is 4.81. The number of fused-ring (bicyclic) bond motifs is 1. The number of H-pyrrole nitrogens is 1. The van der Waals surface area contributed by atoms with Crippen molar-refractivity contribution in [1.82, 2.24) is 15.0 Å². The summed E-state index contributed by atoms with van der Waals surface area (Å²) < 4.78 is 51.2. The van der Waals surface area contributed by atoms with Gasteiger partial charge in [-0.05, 0) is 18.9 Å². The Morgan fingerprint density at radius 2 is 2.19 bits per heavy atom. The second-order valence-electron chi connectivity index (χ2n) is 7.06. The average Bonchev–Trinajstić information content (AvgIpc) is 3.18. The second kappa shape index (κ2) is 8.42. The number of benzene rings is 1. The second-order valence-corrected chi connectivity index (χ2v) is 7.06. The number of para-hydroxylation sites is 1. The Morgan fingerprint density at radius 3 is 2.90 bits per heavy atom. The molecule has 0 aliphatic carbocycles. The van der Waals surface area contributed by atoms with Crippen LogP contribution in [0.5, 0.6) is 0 Å². The van der Waals surface area contributed by atoms with Gasteiger partial charge in [-0.2, -0.15) is 13.2 Å². The topological polar surface area (TPSA) is 101 Å². The van der Waals surface area contributed by atoms with Crippen molar-refractivity contribution in [1.29, 1.82) is 0 Å². The number of aromatic amines is 1. The molecule has 1 aliphatic rings. The van der Waals surface area contributed by atoms with Gasteiger partial charge in [0.1, 0.15) is 5.56 Å². The fourth-order valence-electron chi connectivity index (χ4n) is 3.52. The van der Waals surface area contributed by atoms with Gasteiger partial charge in [0.2, 0.25) is 5.95 Å². The number of nitrogens with one attached hydrogen (secondary N) is 3. The SMILES string of the molecule is COC(=O)Nc1cccc2c(-c3nc(N[C@@H]4CCCOC4)ncc3C(F)(F)F)c[nH]c12. The first-order valence-electron chi connectivity index (χ1n) is 9.61. The van der Waals surface area contributed by atoms with Gasteiger partial charge in [0, 0.05) is 30.0 Å². The number of halogens is 3. The number of nitrogens with zero attached hydrogens (tertiary/aromatic N) is 2. The van der Waals surface area contributed by atoms with Crippen LogP contribution in [0.3, 0.4) is 0 Å². The van der Waals surface area contributed by atoms with E-state index in [9.17, 15) is 18.0 Å². The number of ether oxygens (including phenoxy) is 2. The van der Waals surface area contributed by atoms with Crippen LogP contribution in [-0.2, 0) is 15.7 Å². The molecule has 0 radical (unpaired) electrons. The van der Waals surface area contributed by atoms with E-state index in [4.69, 9.17) is 4.74 Å². The number of carbonyl (C=O) groups is 1. The maximum absolute atomic E-state index is 13.7. The van der Waals surface area contributed by atoms with Crippen LogP contribution >= 0.6 is 0 Å². The number of hydrogen-bond donors (Lipinski definition) is 3. The Morgan fingerprint density at radius 1 is 1.35 bits per heavy atom. The molecule has 2 aromatic heterocycles. The number of hydrogen-bond acceptors (Lipinski definition) is 6. The fraction of sp³-hybridized carbons (Fsp3) is 0.350. The highest BCUT2D eigenvalue weighted by Crippen LogP contribution is 2.39. The Labute approximate surface area is 175 Å². The first-order chi connectivity index (χ1) is 14.9. The lowest BCUT2D eigenvalue weighted by molar-refractivity contribution is -0.137. The van der Waals surface area contributed by atoms with Gasteiger partial charge in [0.05, 0.1) is 36.7 Å². The Kier molecular flexibility index (Phi) is 5.68. The van der Waals surface area contributed by atoms with E-state index in [1.54, 1.807) is 18.2 Å². The zero-order chi connectivity index (χ0) is 22.0. The van der Waals surface area contributed by atoms with Crippen molar-refractivity contribution in [3.8, 4) is 11.3 Å². The number of carbonyl (C=O) groups excluding carboxylic acids is 1. The minimum absolute atomic E-state index is 0.0721. The van der Waals surface area contributed by atoms with Gasteiger partial charge in [-0.15, -0.1) is 0 Å². The lowest BCUT2D eigenvalue weighted by Crippen LogP contribution is -2.31. The normalized spacial score (nSPS) is 16.8. The Hall–Kier alpha value is -3.34. The Bertz CT molecular complexity index is 1090. The van der Waals surface area contributed by atoms with E-state index in [-0.39, 0.29) is 23.2 Å². The summed E-state index contributed by atoms with van der Waals surface area (Å²) in [6.07, 6.45) is -1.46. The van der Waals surface area contributed by atoms with Gasteiger partial charge < -0.3 is 19.8 Å². The molecular formula is C20H20F3N5O3. The summed E-state index contributed by atoms with van der Waals surface area (Å²) >= 11 is 0. The number of rotatable bonds is 4. The molecule has 4 rings (SSSR count). The molecule has 164 valence electrons. The van der Waals surface area contributed by atoms with Crippen LogP contribution in [0.2, 0.25) is 0 Å². The summed E-state index contributed by atoms with van der Waals surface area (Å²) in [7, 11) is 1.22. The highest BCUT2D eigenvalue weighted by Gasteiger charge is 2.36. The monoisotopic (exact) mass is 435 g/mol. The van der Waals surface area contributed by atoms with Crippen molar-refractivity contribution in [2.45, 2.75) is 25.1 Å². The first kappa shape index (κ1) is 20.9. The summed E-state index contributed by atoms with van der Waals surface area (Å²) in [6.45, 7) is 1.10. The minimum Gasteiger partial charge on any atom is -0.453 e. The lowest BCUT2D eigenvalue weighted by atomic mass is 10.1. The highest BCUT2D eigenvalue weighted by molar-refractivity contribution is 6.04. The third-order valence-electron chi connectivity index (χ3n) is 4.98. The van der Waals surface area contributed by atoms with Gasteiger partial charge in [-0.3, -0.25) is 5.32 Å². The molecule has 3 N–H and O–H groups in total. The van der Waals surface area contributed by atoms with Crippen LogP contribution in [-0.4, -0.2) is 47.4 Å². The zero-order valence-corrected chi connectivity index (χ0v) is 16.5. The van der Waals surface area contributed by atoms with Crippen molar-refractivity contribution < 1.29 is 27.4 Å². The molecule has 3 heterocycles. The van der Waals surface area contributed by atoms with E-state index in [1.165, 1.54) is 13.3 Å². The molecule has 0 saturated carbocycles. The third-order valence-corrected chi connectivity index (χ3v) is 4.98. The largest absolute Gasteiger partial charge is 0.453 e. The van der Waals surface area contributed by atoms with Crippen LogP contribution in [0.4, 0.5) is 29.6 Å². The molecular weight excluding hydrogens is 415 g/mol. The number of aromatic nitrogens is 3. The first-order valence-corrected chi connectivity index (χ1v) is 9.61. The number of alkyl halides is 3. The molecule has 1 saturated heterocycles. The molecule has 31 heavy (non-hydrogen) atoms. The standard InChI is InChI=1S/C20H20F3N5O3/c1-30-19(29)27-15-6-2-5-12-13(8-24-17(12)15)16-14(20(21,22)23)9-25-18(28-16)26-11-4-3-7-31-10-11/h2,5-6,8-9,11,24H,3-4,7,10H2,1H3,(H,27,29)(H,25,26,28)/t11-/m1/s1. The van der Waals surface area contributed by atoms with Crippen LogP contribution in [0.15, 0.2) is 30.6 Å². The van der Waals surface area contributed by atoms with Gasteiger partial charge >= 0.3 is 12.3 Å². The molecule has 1 aliphatic heterocycles. The van der Waals surface area contributed by atoms with E-state index >= 15 is 0 Å². The highest BCUT2D eigenvalue weighted by atomic mass is 19.4. The number of amides is 1. The average molecular weight is 435 g/mol. The van der Waals surface area contributed by atoms with E-state index in [1.807, 2.05) is 0 Å². The number of anilines is 2. The molecule has 0 bridgehead atoms. The van der Waals surface area contributed by atoms with Crippen molar-refractivity contribution >= 4 is 28.6 Å². The summed E-state index contributed by atoms with van der Waals surface area (Å²) in [5.41, 5.74) is -0.157. The summed E-state index contributed by atoms with van der Waals surface area (Å²) in [5, 5.41) is 6.06. The molecule has 8 nitrogen and oxygen atoms in total. The molecule has 0 unspecified atom stereocenters. The van der Waals surface area contributed by atoms with E-state index < -0.39 is 17.8 Å². The van der Waals surface area contributed by atoms with Gasteiger partial charge in [0.15, 0.2) is 0 Å². The lowest BCUT2D eigenvalue weighted by Gasteiger charge is -2.23. The Balaban J connectivity index is 1.78. The third kappa shape index (κ3) is 4.41. The van der Waals surface area contributed by atoms with E-state index in [2.05, 4.69) is 30.3 Å². The fourth-order valence-corrected chi connectivity index (χ4v) is 3.52. The van der Waals surface area contributed by atoms with Crippen LogP contribution in [0.1, 0.15) is 18.4 Å². The number of methoxy groups -OCH3 is 1. The van der Waals surface area contributed by atoms with Gasteiger partial charge in [-0.1, -0.05) is 12.1 Å². The van der Waals surface area contributed by atoms with Crippen molar-refractivity contribution in [3.05, 3.63) is 36.2 Å². The summed E-state index contributed by atoms with van der Waals surface area (Å²) in [4.78, 5) is 22.6. The molecule has 0 spiro atoms. The van der Waals surface area contributed by atoms with Crippen molar-refractivity contribution in [3.63, 3.8) is 0 Å². The van der Waals surface area contributed by atoms with Crippen LogP contribution in [0, 0.1) is 0 Å².